The lowest BCUT2D eigenvalue weighted by Gasteiger charge is -2.20. The average Bonchev–Trinajstić information content (AvgIpc) is 2.73. The largest absolute Gasteiger partial charge is 0.478 e. The van der Waals surface area contributed by atoms with Crippen LogP contribution in [0.2, 0.25) is 0 Å². The van der Waals surface area contributed by atoms with Crippen LogP contribution < -0.4 is 9.47 Å². The molecule has 0 aliphatic rings. The Kier molecular flexibility index (Phi) is 6.95. The molecule has 0 unspecified atom stereocenters. The first-order valence-electron chi connectivity index (χ1n) is 10.2. The Balaban J connectivity index is 1.94. The van der Waals surface area contributed by atoms with E-state index in [4.69, 9.17) is 14.2 Å². The van der Waals surface area contributed by atoms with Crippen LogP contribution in [0.15, 0.2) is 66.7 Å². The van der Waals surface area contributed by atoms with E-state index in [0.29, 0.717) is 17.2 Å². The molecule has 0 amide bonds. The number of benzene rings is 3. The van der Waals surface area contributed by atoms with Crippen LogP contribution in [0, 0.1) is 5.82 Å². The quantitative estimate of drug-likeness (QED) is 0.406. The van der Waals surface area contributed by atoms with Crippen LogP contribution in [0.5, 0.6) is 17.2 Å². The molecule has 4 nitrogen and oxygen atoms in total. The average molecular weight is 422 g/mol. The van der Waals surface area contributed by atoms with E-state index < -0.39 is 5.97 Å². The molecule has 0 fully saturated rings. The predicted molar refractivity (Wildman–Crippen MR) is 119 cm³/mol. The number of carbonyl (C=O) groups excluding carboxylic acids is 1. The number of ether oxygens (including phenoxy) is 3. The van der Waals surface area contributed by atoms with Crippen LogP contribution in [0.4, 0.5) is 4.39 Å². The third-order valence-corrected chi connectivity index (χ3v) is 4.70. The highest BCUT2D eigenvalue weighted by atomic mass is 19.1. The van der Waals surface area contributed by atoms with Gasteiger partial charge >= 0.3 is 5.97 Å². The van der Waals surface area contributed by atoms with Gasteiger partial charge in [-0.05, 0) is 65.4 Å². The summed E-state index contributed by atoms with van der Waals surface area (Å²) < 4.78 is 30.1. The highest BCUT2D eigenvalue weighted by molar-refractivity contribution is 5.72. The van der Waals surface area contributed by atoms with Gasteiger partial charge in [-0.15, -0.1) is 0 Å². The molecule has 162 valence electrons. The smallest absolute Gasteiger partial charge is 0.344 e. The second-order valence-electron chi connectivity index (χ2n) is 8.14. The minimum Gasteiger partial charge on any atom is -0.478 e. The summed E-state index contributed by atoms with van der Waals surface area (Å²) in [5.74, 6) is 0.779. The molecular formula is C26H27FO4. The van der Waals surface area contributed by atoms with Gasteiger partial charge < -0.3 is 14.2 Å². The van der Waals surface area contributed by atoms with Gasteiger partial charge in [0.2, 0.25) is 0 Å². The van der Waals surface area contributed by atoms with Crippen molar-refractivity contribution in [3.05, 3.63) is 78.1 Å². The van der Waals surface area contributed by atoms with Gasteiger partial charge in [0.15, 0.2) is 18.1 Å². The summed E-state index contributed by atoms with van der Waals surface area (Å²) in [6, 6.07) is 19.5. The van der Waals surface area contributed by atoms with Crippen molar-refractivity contribution < 1.29 is 23.4 Å². The Morgan fingerprint density at radius 2 is 1.61 bits per heavy atom. The molecule has 0 radical (unpaired) electrons. The second-order valence-corrected chi connectivity index (χ2v) is 8.14. The van der Waals surface area contributed by atoms with Crippen molar-refractivity contribution in [2.24, 2.45) is 0 Å². The van der Waals surface area contributed by atoms with Crippen molar-refractivity contribution in [2.75, 3.05) is 13.2 Å². The van der Waals surface area contributed by atoms with Crippen molar-refractivity contribution >= 4 is 5.97 Å². The number of hydrogen-bond acceptors (Lipinski definition) is 4. The highest BCUT2D eigenvalue weighted by Gasteiger charge is 2.16. The SMILES string of the molecule is CCOC(=O)COc1ccc(-c2ccc(F)cc2)cc1Oc1cccc(C(C)(C)C)c1. The third-order valence-electron chi connectivity index (χ3n) is 4.70. The van der Waals surface area contributed by atoms with E-state index in [9.17, 15) is 9.18 Å². The Bertz CT molecular complexity index is 1040. The molecule has 0 spiro atoms. The summed E-state index contributed by atoms with van der Waals surface area (Å²) in [5, 5.41) is 0. The van der Waals surface area contributed by atoms with Crippen molar-refractivity contribution in [1.29, 1.82) is 0 Å². The molecule has 0 saturated carbocycles. The van der Waals surface area contributed by atoms with Gasteiger partial charge in [0.05, 0.1) is 6.61 Å². The first-order valence-corrected chi connectivity index (χ1v) is 10.2. The Hall–Kier alpha value is -3.34. The summed E-state index contributed by atoms with van der Waals surface area (Å²) in [4.78, 5) is 11.7. The van der Waals surface area contributed by atoms with Crippen LogP contribution in [-0.2, 0) is 14.9 Å². The summed E-state index contributed by atoms with van der Waals surface area (Å²) in [7, 11) is 0. The zero-order valence-corrected chi connectivity index (χ0v) is 18.3. The maximum absolute atomic E-state index is 13.3. The van der Waals surface area contributed by atoms with Crippen LogP contribution in [0.25, 0.3) is 11.1 Å². The molecule has 0 N–H and O–H groups in total. The number of halogens is 1. The molecule has 0 aliphatic heterocycles. The van der Waals surface area contributed by atoms with Crippen LogP contribution in [0.1, 0.15) is 33.3 Å². The lowest BCUT2D eigenvalue weighted by atomic mass is 9.87. The van der Waals surface area contributed by atoms with Crippen molar-refractivity contribution in [3.8, 4) is 28.4 Å². The van der Waals surface area contributed by atoms with Gasteiger partial charge in [0.25, 0.3) is 0 Å². The first-order chi connectivity index (χ1) is 14.8. The second kappa shape index (κ2) is 9.65. The molecule has 0 saturated heterocycles. The molecule has 0 aliphatic carbocycles. The minimum absolute atomic E-state index is 0.0292. The fourth-order valence-electron chi connectivity index (χ4n) is 3.02. The van der Waals surface area contributed by atoms with E-state index in [0.717, 1.165) is 16.7 Å². The zero-order valence-electron chi connectivity index (χ0n) is 18.3. The standard InChI is InChI=1S/C26H27FO4/c1-5-29-25(28)17-30-23-14-11-19(18-9-12-21(27)13-10-18)15-24(23)31-22-8-6-7-20(16-22)26(2,3)4/h6-16H,5,17H2,1-4H3. The molecule has 0 aromatic heterocycles. The lowest BCUT2D eigenvalue weighted by Crippen LogP contribution is -2.14. The monoisotopic (exact) mass is 422 g/mol. The summed E-state index contributed by atoms with van der Waals surface area (Å²) in [6.07, 6.45) is 0. The molecule has 5 heteroatoms. The third kappa shape index (κ3) is 6.07. The molecule has 0 bridgehead atoms. The zero-order chi connectivity index (χ0) is 22.4. The van der Waals surface area contributed by atoms with E-state index in [2.05, 4.69) is 26.8 Å². The van der Waals surface area contributed by atoms with Crippen molar-refractivity contribution in [1.82, 2.24) is 0 Å². The fourth-order valence-corrected chi connectivity index (χ4v) is 3.02. The summed E-state index contributed by atoms with van der Waals surface area (Å²) in [6.45, 7) is 8.21. The van der Waals surface area contributed by atoms with Crippen LogP contribution in [0.3, 0.4) is 0 Å². The molecule has 3 aromatic carbocycles. The predicted octanol–water partition coefficient (Wildman–Crippen LogP) is 6.52. The van der Waals surface area contributed by atoms with Gasteiger partial charge in [-0.1, -0.05) is 51.1 Å². The van der Waals surface area contributed by atoms with Crippen molar-refractivity contribution in [3.63, 3.8) is 0 Å². The maximum Gasteiger partial charge on any atom is 0.344 e. The van der Waals surface area contributed by atoms with Gasteiger partial charge in [0, 0.05) is 0 Å². The number of rotatable bonds is 7. The maximum atomic E-state index is 13.3. The molecule has 0 atom stereocenters. The Labute approximate surface area is 182 Å². The van der Waals surface area contributed by atoms with Crippen LogP contribution in [-0.4, -0.2) is 19.2 Å². The fraction of sp³-hybridized carbons (Fsp3) is 0.269. The summed E-state index contributed by atoms with van der Waals surface area (Å²) >= 11 is 0. The van der Waals surface area contributed by atoms with E-state index in [1.807, 2.05) is 30.3 Å². The highest BCUT2D eigenvalue weighted by Crippen LogP contribution is 2.37. The normalized spacial score (nSPS) is 11.1. The van der Waals surface area contributed by atoms with E-state index in [1.54, 1.807) is 25.1 Å². The van der Waals surface area contributed by atoms with E-state index in [1.165, 1.54) is 12.1 Å². The topological polar surface area (TPSA) is 44.8 Å². The molecule has 0 heterocycles. The Morgan fingerprint density at radius 3 is 2.29 bits per heavy atom. The number of esters is 1. The lowest BCUT2D eigenvalue weighted by molar-refractivity contribution is -0.145. The summed E-state index contributed by atoms with van der Waals surface area (Å²) in [5.41, 5.74) is 2.78. The molecule has 3 aromatic rings. The van der Waals surface area contributed by atoms with Gasteiger partial charge in [-0.3, -0.25) is 0 Å². The van der Waals surface area contributed by atoms with Gasteiger partial charge in [-0.25, -0.2) is 9.18 Å². The van der Waals surface area contributed by atoms with Crippen LogP contribution >= 0.6 is 0 Å². The number of carbonyl (C=O) groups is 1. The first kappa shape index (κ1) is 22.3. The number of hydrogen-bond donors (Lipinski definition) is 0. The van der Waals surface area contributed by atoms with Gasteiger partial charge in [0.1, 0.15) is 11.6 Å². The molecule has 3 rings (SSSR count). The minimum atomic E-state index is -0.453. The van der Waals surface area contributed by atoms with E-state index >= 15 is 0 Å². The molecular weight excluding hydrogens is 395 g/mol. The van der Waals surface area contributed by atoms with Gasteiger partial charge in [-0.2, -0.15) is 0 Å². The molecule has 31 heavy (non-hydrogen) atoms. The Morgan fingerprint density at radius 1 is 0.903 bits per heavy atom. The van der Waals surface area contributed by atoms with E-state index in [-0.39, 0.29) is 24.4 Å². The van der Waals surface area contributed by atoms with Crippen molar-refractivity contribution in [2.45, 2.75) is 33.1 Å².